The van der Waals surface area contributed by atoms with Crippen LogP contribution in [-0.4, -0.2) is 47.2 Å². The standard InChI is InChI=1S/C19H27BrN6O/c1-13-17(14(2)26(5)24-13)11-22-19(23-12-18(27)25(3)4)21-10-15-6-8-16(20)9-7-15/h6-9H,10-12H2,1-5H3,(H2,21,22,23). The molecule has 146 valence electrons. The lowest BCUT2D eigenvalue weighted by Gasteiger charge is -2.15. The van der Waals surface area contributed by atoms with E-state index in [9.17, 15) is 4.79 Å². The Morgan fingerprint density at radius 3 is 2.44 bits per heavy atom. The monoisotopic (exact) mass is 434 g/mol. The summed E-state index contributed by atoms with van der Waals surface area (Å²) in [5.74, 6) is 0.581. The molecule has 8 heteroatoms. The van der Waals surface area contributed by atoms with Crippen LogP contribution in [0.15, 0.2) is 33.7 Å². The van der Waals surface area contributed by atoms with Crippen molar-refractivity contribution in [2.24, 2.45) is 12.0 Å². The molecule has 0 radical (unpaired) electrons. The number of hydrogen-bond donors (Lipinski definition) is 2. The summed E-state index contributed by atoms with van der Waals surface area (Å²) in [5.41, 5.74) is 4.32. The highest BCUT2D eigenvalue weighted by atomic mass is 79.9. The number of aromatic nitrogens is 2. The molecule has 0 fully saturated rings. The Morgan fingerprint density at radius 1 is 1.22 bits per heavy atom. The number of likely N-dealkylation sites (N-methyl/N-ethyl adjacent to an activating group) is 1. The predicted molar refractivity (Wildman–Crippen MR) is 111 cm³/mol. The van der Waals surface area contributed by atoms with Crippen LogP contribution in [0.1, 0.15) is 22.5 Å². The van der Waals surface area contributed by atoms with E-state index in [1.165, 1.54) is 0 Å². The number of hydrogen-bond acceptors (Lipinski definition) is 3. The van der Waals surface area contributed by atoms with E-state index in [0.29, 0.717) is 19.0 Å². The van der Waals surface area contributed by atoms with Gasteiger partial charge >= 0.3 is 0 Å². The summed E-state index contributed by atoms with van der Waals surface area (Å²) < 4.78 is 2.90. The Hall–Kier alpha value is -2.35. The van der Waals surface area contributed by atoms with Crippen LogP contribution in [-0.2, 0) is 24.9 Å². The van der Waals surface area contributed by atoms with Crippen molar-refractivity contribution >= 4 is 27.8 Å². The van der Waals surface area contributed by atoms with Crippen LogP contribution in [0, 0.1) is 13.8 Å². The smallest absolute Gasteiger partial charge is 0.241 e. The Kier molecular flexibility index (Phi) is 7.41. The lowest BCUT2D eigenvalue weighted by molar-refractivity contribution is -0.127. The van der Waals surface area contributed by atoms with E-state index >= 15 is 0 Å². The van der Waals surface area contributed by atoms with E-state index in [1.54, 1.807) is 19.0 Å². The summed E-state index contributed by atoms with van der Waals surface area (Å²) in [5, 5.41) is 10.9. The molecule has 0 unspecified atom stereocenters. The second-order valence-corrected chi connectivity index (χ2v) is 7.48. The summed E-state index contributed by atoms with van der Waals surface area (Å²) in [6.07, 6.45) is 0. The van der Waals surface area contributed by atoms with E-state index in [2.05, 4.69) is 36.7 Å². The normalized spacial score (nSPS) is 11.4. The number of rotatable bonds is 6. The van der Waals surface area contributed by atoms with Gasteiger partial charge in [0.2, 0.25) is 5.91 Å². The fraction of sp³-hybridized carbons (Fsp3) is 0.421. The third kappa shape index (κ3) is 6.09. The molecule has 27 heavy (non-hydrogen) atoms. The summed E-state index contributed by atoms with van der Waals surface area (Å²) in [4.78, 5) is 18.1. The van der Waals surface area contributed by atoms with Crippen molar-refractivity contribution in [3.63, 3.8) is 0 Å². The quantitative estimate of drug-likeness (QED) is 0.539. The van der Waals surface area contributed by atoms with Gasteiger partial charge in [-0.05, 0) is 31.5 Å². The molecule has 0 atom stereocenters. The minimum absolute atomic E-state index is 0.0121. The van der Waals surface area contributed by atoms with Gasteiger partial charge in [0, 0.05) is 43.4 Å². The van der Waals surface area contributed by atoms with Crippen LogP contribution in [0.3, 0.4) is 0 Å². The van der Waals surface area contributed by atoms with Crippen LogP contribution in [0.5, 0.6) is 0 Å². The maximum Gasteiger partial charge on any atom is 0.241 e. The molecule has 0 aliphatic carbocycles. The average molecular weight is 435 g/mol. The SMILES string of the molecule is Cc1nn(C)c(C)c1CNC(=NCc1ccc(Br)cc1)NCC(=O)N(C)C. The summed E-state index contributed by atoms with van der Waals surface area (Å²) >= 11 is 3.44. The maximum absolute atomic E-state index is 11.9. The number of amides is 1. The molecule has 0 saturated heterocycles. The van der Waals surface area contributed by atoms with Crippen LogP contribution < -0.4 is 10.6 Å². The predicted octanol–water partition coefficient (Wildman–Crippen LogP) is 2.12. The minimum atomic E-state index is -0.0121. The van der Waals surface area contributed by atoms with Gasteiger partial charge in [-0.15, -0.1) is 0 Å². The van der Waals surface area contributed by atoms with Crippen LogP contribution >= 0.6 is 15.9 Å². The molecule has 1 aromatic heterocycles. The second kappa shape index (κ2) is 9.55. The molecule has 0 aliphatic rings. The first-order chi connectivity index (χ1) is 12.8. The Labute approximate surface area is 169 Å². The van der Waals surface area contributed by atoms with E-state index in [4.69, 9.17) is 0 Å². The van der Waals surface area contributed by atoms with Crippen LogP contribution in [0.4, 0.5) is 0 Å². The molecule has 0 aliphatic heterocycles. The Morgan fingerprint density at radius 2 is 1.89 bits per heavy atom. The van der Waals surface area contributed by atoms with Crippen LogP contribution in [0.2, 0.25) is 0 Å². The Balaban J connectivity index is 2.09. The number of benzene rings is 1. The van der Waals surface area contributed by atoms with Gasteiger partial charge in [0.05, 0.1) is 18.8 Å². The highest BCUT2D eigenvalue weighted by Gasteiger charge is 2.11. The number of aryl methyl sites for hydroxylation is 2. The molecule has 1 amide bonds. The second-order valence-electron chi connectivity index (χ2n) is 6.56. The lowest BCUT2D eigenvalue weighted by atomic mass is 10.2. The van der Waals surface area contributed by atoms with Gasteiger partial charge in [0.1, 0.15) is 0 Å². The highest BCUT2D eigenvalue weighted by Crippen LogP contribution is 2.12. The van der Waals surface area contributed by atoms with Crippen molar-refractivity contribution in [1.82, 2.24) is 25.3 Å². The largest absolute Gasteiger partial charge is 0.352 e. The van der Waals surface area contributed by atoms with Gasteiger partial charge in [0.25, 0.3) is 0 Å². The van der Waals surface area contributed by atoms with Crippen molar-refractivity contribution < 1.29 is 4.79 Å². The van der Waals surface area contributed by atoms with Crippen molar-refractivity contribution in [3.05, 3.63) is 51.3 Å². The third-order valence-corrected chi connectivity index (χ3v) is 4.86. The Bertz CT molecular complexity index is 810. The molecule has 2 rings (SSSR count). The minimum Gasteiger partial charge on any atom is -0.352 e. The first-order valence-electron chi connectivity index (χ1n) is 8.73. The fourth-order valence-electron chi connectivity index (χ4n) is 2.50. The van der Waals surface area contributed by atoms with E-state index in [1.807, 2.05) is 49.8 Å². The van der Waals surface area contributed by atoms with Gasteiger partial charge < -0.3 is 15.5 Å². The van der Waals surface area contributed by atoms with Crippen LogP contribution in [0.25, 0.3) is 0 Å². The van der Waals surface area contributed by atoms with Crippen molar-refractivity contribution in [1.29, 1.82) is 0 Å². The molecule has 1 aromatic carbocycles. The maximum atomic E-state index is 11.9. The fourth-order valence-corrected chi connectivity index (χ4v) is 2.76. The lowest BCUT2D eigenvalue weighted by Crippen LogP contribution is -2.42. The molecular weight excluding hydrogens is 408 g/mol. The highest BCUT2D eigenvalue weighted by molar-refractivity contribution is 9.10. The summed E-state index contributed by atoms with van der Waals surface area (Å²) in [6, 6.07) is 8.02. The number of nitrogens with one attached hydrogen (secondary N) is 2. The van der Waals surface area contributed by atoms with Gasteiger partial charge in [-0.25, -0.2) is 4.99 Å². The number of carbonyl (C=O) groups is 1. The van der Waals surface area contributed by atoms with Gasteiger partial charge in [-0.3, -0.25) is 9.48 Å². The zero-order valence-electron chi connectivity index (χ0n) is 16.5. The van der Waals surface area contributed by atoms with Gasteiger partial charge in [-0.1, -0.05) is 28.1 Å². The number of aliphatic imine (C=N–C) groups is 1. The zero-order chi connectivity index (χ0) is 20.0. The zero-order valence-corrected chi connectivity index (χ0v) is 18.1. The van der Waals surface area contributed by atoms with Crippen molar-refractivity contribution in [3.8, 4) is 0 Å². The topological polar surface area (TPSA) is 74.5 Å². The van der Waals surface area contributed by atoms with E-state index in [0.717, 1.165) is 27.0 Å². The third-order valence-electron chi connectivity index (χ3n) is 4.33. The molecule has 7 nitrogen and oxygen atoms in total. The molecule has 0 saturated carbocycles. The number of guanidine groups is 1. The first-order valence-corrected chi connectivity index (χ1v) is 9.53. The molecule has 2 N–H and O–H groups in total. The van der Waals surface area contributed by atoms with E-state index < -0.39 is 0 Å². The molecular formula is C19H27BrN6O. The van der Waals surface area contributed by atoms with E-state index in [-0.39, 0.29) is 12.5 Å². The first kappa shape index (κ1) is 21.0. The van der Waals surface area contributed by atoms with Crippen molar-refractivity contribution in [2.45, 2.75) is 26.9 Å². The van der Waals surface area contributed by atoms with Gasteiger partial charge in [0.15, 0.2) is 5.96 Å². The number of nitrogens with zero attached hydrogens (tertiary/aromatic N) is 4. The summed E-state index contributed by atoms with van der Waals surface area (Å²) in [6.45, 7) is 5.33. The average Bonchev–Trinajstić information content (AvgIpc) is 2.87. The number of halogens is 1. The molecule has 0 spiro atoms. The molecule has 2 aromatic rings. The molecule has 0 bridgehead atoms. The number of carbonyl (C=O) groups excluding carboxylic acids is 1. The van der Waals surface area contributed by atoms with Gasteiger partial charge in [-0.2, -0.15) is 5.10 Å². The van der Waals surface area contributed by atoms with Crippen molar-refractivity contribution in [2.75, 3.05) is 20.6 Å². The summed E-state index contributed by atoms with van der Waals surface area (Å²) in [7, 11) is 5.40. The molecule has 1 heterocycles.